The largest absolute Gasteiger partial charge is 0.495 e. The monoisotopic (exact) mass is 316 g/mol. The lowest BCUT2D eigenvalue weighted by atomic mass is 10.1. The number of rotatable bonds is 2. The summed E-state index contributed by atoms with van der Waals surface area (Å²) in [7, 11) is 1.54. The van der Waals surface area contributed by atoms with Gasteiger partial charge in [0.2, 0.25) is 5.91 Å². The van der Waals surface area contributed by atoms with Crippen LogP contribution < -0.4 is 15.0 Å². The third-order valence-electron chi connectivity index (χ3n) is 3.65. The summed E-state index contributed by atoms with van der Waals surface area (Å²) in [6.45, 7) is 2.15. The van der Waals surface area contributed by atoms with Gasteiger partial charge in [0.1, 0.15) is 10.6 Å². The van der Waals surface area contributed by atoms with E-state index in [0.29, 0.717) is 28.5 Å². The Bertz CT molecular complexity index is 726. The van der Waals surface area contributed by atoms with E-state index < -0.39 is 0 Å². The third kappa shape index (κ3) is 2.46. The van der Waals surface area contributed by atoms with Crippen molar-refractivity contribution < 1.29 is 14.3 Å². The van der Waals surface area contributed by atoms with Gasteiger partial charge in [0.15, 0.2) is 0 Å². The number of nitrogens with zero attached hydrogens (tertiary/aromatic N) is 1. The van der Waals surface area contributed by atoms with Gasteiger partial charge in [-0.05, 0) is 23.6 Å². The Hall–Kier alpha value is -2.34. The van der Waals surface area contributed by atoms with E-state index in [4.69, 9.17) is 4.74 Å². The molecule has 1 atom stereocenters. The topological polar surface area (TPSA) is 58.6 Å². The molecular weight excluding hydrogens is 300 g/mol. The predicted octanol–water partition coefficient (Wildman–Crippen LogP) is 2.99. The van der Waals surface area contributed by atoms with Gasteiger partial charge in [0.25, 0.3) is 5.91 Å². The lowest BCUT2D eigenvalue weighted by Gasteiger charge is -2.23. The molecule has 0 bridgehead atoms. The first-order valence-electron chi connectivity index (χ1n) is 6.95. The summed E-state index contributed by atoms with van der Waals surface area (Å²) in [6.07, 6.45) is 0. The molecule has 2 aromatic rings. The van der Waals surface area contributed by atoms with Crippen LogP contribution in [0.2, 0.25) is 0 Å². The number of methoxy groups -OCH3 is 1. The number of benzene rings is 1. The molecule has 5 nitrogen and oxygen atoms in total. The van der Waals surface area contributed by atoms with Crippen molar-refractivity contribution in [2.75, 3.05) is 23.9 Å². The number of carbonyl (C=O) groups is 2. The molecule has 6 heteroatoms. The van der Waals surface area contributed by atoms with E-state index in [-0.39, 0.29) is 17.7 Å². The number of amides is 2. The maximum absolute atomic E-state index is 12.9. The maximum Gasteiger partial charge on any atom is 0.272 e. The van der Waals surface area contributed by atoms with Crippen molar-refractivity contribution in [3.8, 4) is 5.75 Å². The molecule has 1 aliphatic heterocycles. The zero-order chi connectivity index (χ0) is 15.7. The van der Waals surface area contributed by atoms with Crippen molar-refractivity contribution in [3.05, 3.63) is 40.6 Å². The third-order valence-corrected chi connectivity index (χ3v) is 4.53. The standard InChI is InChI=1S/C16H16N2O3S/c1-10-9-18(16(20)14-13(21-2)7-8-22-14)12-6-4-3-5-11(12)17-15(10)19/h3-8,10H,9H2,1-2H3,(H,17,19)/t10-/m0/s1. The average Bonchev–Trinajstić information content (AvgIpc) is 2.96. The molecule has 1 aromatic carbocycles. The molecule has 0 radical (unpaired) electrons. The van der Waals surface area contributed by atoms with Crippen LogP contribution in [-0.4, -0.2) is 25.5 Å². The molecule has 0 fully saturated rings. The zero-order valence-electron chi connectivity index (χ0n) is 12.3. The van der Waals surface area contributed by atoms with Crippen molar-refractivity contribution in [2.24, 2.45) is 5.92 Å². The van der Waals surface area contributed by atoms with Crippen LogP contribution in [0.1, 0.15) is 16.6 Å². The van der Waals surface area contributed by atoms with E-state index in [1.807, 2.05) is 30.5 Å². The molecule has 22 heavy (non-hydrogen) atoms. The Morgan fingerprint density at radius 1 is 1.36 bits per heavy atom. The van der Waals surface area contributed by atoms with E-state index in [2.05, 4.69) is 5.32 Å². The van der Waals surface area contributed by atoms with E-state index in [1.165, 1.54) is 11.3 Å². The zero-order valence-corrected chi connectivity index (χ0v) is 13.1. The second kappa shape index (κ2) is 5.81. The molecule has 0 saturated heterocycles. The fraction of sp³-hybridized carbons (Fsp3) is 0.250. The molecule has 1 aromatic heterocycles. The van der Waals surface area contributed by atoms with Gasteiger partial charge in [-0.1, -0.05) is 19.1 Å². The summed E-state index contributed by atoms with van der Waals surface area (Å²) in [5.41, 5.74) is 1.36. The van der Waals surface area contributed by atoms with Gasteiger partial charge in [-0.2, -0.15) is 0 Å². The minimum atomic E-state index is -0.290. The lowest BCUT2D eigenvalue weighted by molar-refractivity contribution is -0.119. The minimum Gasteiger partial charge on any atom is -0.495 e. The van der Waals surface area contributed by atoms with Gasteiger partial charge in [-0.3, -0.25) is 9.59 Å². The number of hydrogen-bond acceptors (Lipinski definition) is 4. The fourth-order valence-corrected chi connectivity index (χ4v) is 3.26. The van der Waals surface area contributed by atoms with Crippen LogP contribution in [0.4, 0.5) is 11.4 Å². The summed E-state index contributed by atoms with van der Waals surface area (Å²) in [5, 5.41) is 4.69. The van der Waals surface area contributed by atoms with Crippen LogP contribution in [0, 0.1) is 5.92 Å². The predicted molar refractivity (Wildman–Crippen MR) is 86.8 cm³/mol. The summed E-state index contributed by atoms with van der Waals surface area (Å²) in [4.78, 5) is 27.2. The number of thiophene rings is 1. The SMILES string of the molecule is COc1ccsc1C(=O)N1C[C@H](C)C(=O)Nc2ccccc21. The maximum atomic E-state index is 12.9. The first-order valence-corrected chi connectivity index (χ1v) is 7.83. The van der Waals surface area contributed by atoms with Gasteiger partial charge in [0.05, 0.1) is 24.4 Å². The quantitative estimate of drug-likeness (QED) is 0.926. The Labute approximate surface area is 132 Å². The molecule has 1 N–H and O–H groups in total. The van der Waals surface area contributed by atoms with E-state index >= 15 is 0 Å². The van der Waals surface area contributed by atoms with Crippen molar-refractivity contribution >= 4 is 34.5 Å². The number of para-hydroxylation sites is 2. The Balaban J connectivity index is 2.05. The number of nitrogens with one attached hydrogen (secondary N) is 1. The smallest absolute Gasteiger partial charge is 0.272 e. The van der Waals surface area contributed by atoms with Gasteiger partial charge >= 0.3 is 0 Å². The van der Waals surface area contributed by atoms with Crippen LogP contribution in [0.25, 0.3) is 0 Å². The second-order valence-electron chi connectivity index (χ2n) is 5.14. The Morgan fingerprint density at radius 2 is 2.14 bits per heavy atom. The summed E-state index contributed by atoms with van der Waals surface area (Å²) in [6, 6.07) is 9.10. The molecule has 1 aliphatic rings. The minimum absolute atomic E-state index is 0.0825. The molecule has 0 unspecified atom stereocenters. The average molecular weight is 316 g/mol. The number of anilines is 2. The second-order valence-corrected chi connectivity index (χ2v) is 6.06. The molecule has 0 saturated carbocycles. The number of carbonyl (C=O) groups excluding carboxylic acids is 2. The van der Waals surface area contributed by atoms with Gasteiger partial charge in [-0.25, -0.2) is 0 Å². The molecule has 114 valence electrons. The van der Waals surface area contributed by atoms with Gasteiger partial charge < -0.3 is 15.0 Å². The van der Waals surface area contributed by atoms with E-state index in [9.17, 15) is 9.59 Å². The lowest BCUT2D eigenvalue weighted by Crippen LogP contribution is -2.35. The highest BCUT2D eigenvalue weighted by Gasteiger charge is 2.30. The normalized spacial score (nSPS) is 17.5. The van der Waals surface area contributed by atoms with Crippen molar-refractivity contribution in [3.63, 3.8) is 0 Å². The first kappa shape index (κ1) is 14.6. The molecule has 2 heterocycles. The van der Waals surface area contributed by atoms with Crippen molar-refractivity contribution in [1.29, 1.82) is 0 Å². The highest BCUT2D eigenvalue weighted by Crippen LogP contribution is 2.34. The number of ether oxygens (including phenoxy) is 1. The van der Waals surface area contributed by atoms with Crippen LogP contribution in [0.3, 0.4) is 0 Å². The highest BCUT2D eigenvalue weighted by molar-refractivity contribution is 7.12. The molecular formula is C16H16N2O3S. The molecule has 0 spiro atoms. The number of hydrogen-bond donors (Lipinski definition) is 1. The molecule has 0 aliphatic carbocycles. The first-order chi connectivity index (χ1) is 10.6. The van der Waals surface area contributed by atoms with Crippen LogP contribution in [0.5, 0.6) is 5.75 Å². The van der Waals surface area contributed by atoms with Gasteiger partial charge in [0, 0.05) is 6.54 Å². The van der Waals surface area contributed by atoms with Crippen molar-refractivity contribution in [1.82, 2.24) is 0 Å². The van der Waals surface area contributed by atoms with Crippen LogP contribution in [0.15, 0.2) is 35.7 Å². The Morgan fingerprint density at radius 3 is 2.91 bits per heavy atom. The van der Waals surface area contributed by atoms with Crippen LogP contribution >= 0.6 is 11.3 Å². The molecule has 3 rings (SSSR count). The van der Waals surface area contributed by atoms with E-state index in [0.717, 1.165) is 0 Å². The van der Waals surface area contributed by atoms with Crippen LogP contribution in [-0.2, 0) is 4.79 Å². The Kier molecular flexibility index (Phi) is 3.85. The van der Waals surface area contributed by atoms with Crippen molar-refractivity contribution in [2.45, 2.75) is 6.92 Å². The molecule has 2 amide bonds. The van der Waals surface area contributed by atoms with E-state index in [1.54, 1.807) is 24.1 Å². The fourth-order valence-electron chi connectivity index (χ4n) is 2.45. The summed E-state index contributed by atoms with van der Waals surface area (Å²) < 4.78 is 5.24. The number of fused-ring (bicyclic) bond motifs is 1. The summed E-state index contributed by atoms with van der Waals surface area (Å²) in [5.74, 6) is 0.0366. The van der Waals surface area contributed by atoms with Gasteiger partial charge in [-0.15, -0.1) is 11.3 Å². The highest BCUT2D eigenvalue weighted by atomic mass is 32.1. The summed E-state index contributed by atoms with van der Waals surface area (Å²) >= 11 is 1.34.